The summed E-state index contributed by atoms with van der Waals surface area (Å²) in [5.74, 6) is -0.177. The average Bonchev–Trinajstić information content (AvgIpc) is 2.91. The van der Waals surface area contributed by atoms with E-state index < -0.39 is 0 Å². The van der Waals surface area contributed by atoms with E-state index in [1.54, 1.807) is 16.0 Å². The summed E-state index contributed by atoms with van der Waals surface area (Å²) in [7, 11) is 1.81. The van der Waals surface area contributed by atoms with Crippen LogP contribution in [0, 0.1) is 6.92 Å². The van der Waals surface area contributed by atoms with Gasteiger partial charge in [-0.25, -0.2) is 4.98 Å². The Kier molecular flexibility index (Phi) is 3.10. The van der Waals surface area contributed by atoms with E-state index in [0.29, 0.717) is 10.8 Å². The van der Waals surface area contributed by atoms with E-state index in [-0.39, 0.29) is 5.91 Å². The van der Waals surface area contributed by atoms with Crippen molar-refractivity contribution in [3.8, 4) is 0 Å². The highest BCUT2D eigenvalue weighted by Gasteiger charge is 2.18. The number of aromatic nitrogens is 3. The second-order valence-electron chi connectivity index (χ2n) is 4.88. The molecule has 0 unspecified atom stereocenters. The van der Waals surface area contributed by atoms with Gasteiger partial charge in [-0.3, -0.25) is 14.8 Å². The summed E-state index contributed by atoms with van der Waals surface area (Å²) in [5.41, 5.74) is 2.50. The summed E-state index contributed by atoms with van der Waals surface area (Å²) in [6.07, 6.45) is 6.38. The van der Waals surface area contributed by atoms with E-state index in [9.17, 15) is 4.79 Å². The minimum atomic E-state index is -0.177. The molecule has 0 fully saturated rings. The monoisotopic (exact) mass is 276 g/mol. The third-order valence-corrected chi connectivity index (χ3v) is 4.37. The first-order valence-corrected chi connectivity index (χ1v) is 7.25. The summed E-state index contributed by atoms with van der Waals surface area (Å²) >= 11 is 1.59. The number of anilines is 1. The maximum absolute atomic E-state index is 12.1. The largest absolute Gasteiger partial charge is 0.296 e. The predicted octanol–water partition coefficient (Wildman–Crippen LogP) is 2.32. The molecule has 0 saturated heterocycles. The molecule has 0 aromatic carbocycles. The van der Waals surface area contributed by atoms with Crippen LogP contribution in [0.15, 0.2) is 6.20 Å². The van der Waals surface area contributed by atoms with Crippen LogP contribution in [0.3, 0.4) is 0 Å². The summed E-state index contributed by atoms with van der Waals surface area (Å²) in [6.45, 7) is 1.88. The Balaban J connectivity index is 1.79. The van der Waals surface area contributed by atoms with Crippen LogP contribution < -0.4 is 5.32 Å². The molecule has 0 saturated carbocycles. The van der Waals surface area contributed by atoms with Gasteiger partial charge < -0.3 is 0 Å². The van der Waals surface area contributed by atoms with E-state index in [0.717, 1.165) is 24.1 Å². The molecule has 2 heterocycles. The van der Waals surface area contributed by atoms with Crippen LogP contribution in [0.1, 0.15) is 39.5 Å². The number of thiazole rings is 1. The van der Waals surface area contributed by atoms with Crippen LogP contribution in [-0.2, 0) is 19.9 Å². The molecule has 5 nitrogen and oxygen atoms in total. The normalized spacial score (nSPS) is 14.2. The maximum Gasteiger partial charge on any atom is 0.278 e. The first kappa shape index (κ1) is 12.3. The first-order chi connectivity index (χ1) is 9.13. The van der Waals surface area contributed by atoms with Crippen molar-refractivity contribution in [1.82, 2.24) is 14.8 Å². The molecule has 6 heteroatoms. The molecule has 1 aliphatic rings. The van der Waals surface area contributed by atoms with Crippen molar-refractivity contribution in [2.75, 3.05) is 5.32 Å². The lowest BCUT2D eigenvalue weighted by atomic mass is 10.0. The quantitative estimate of drug-likeness (QED) is 0.915. The lowest BCUT2D eigenvalue weighted by Gasteiger charge is -2.06. The highest BCUT2D eigenvalue weighted by atomic mass is 32.1. The summed E-state index contributed by atoms with van der Waals surface area (Å²) in [5, 5.41) is 7.73. The van der Waals surface area contributed by atoms with Crippen molar-refractivity contribution in [3.05, 3.63) is 28.0 Å². The number of carbonyl (C=O) groups excluding carboxylic acids is 1. The molecule has 100 valence electrons. The van der Waals surface area contributed by atoms with Crippen molar-refractivity contribution < 1.29 is 4.79 Å². The molecule has 19 heavy (non-hydrogen) atoms. The molecule has 0 radical (unpaired) electrons. The minimum Gasteiger partial charge on any atom is -0.296 e. The molecule has 3 rings (SSSR count). The number of aryl methyl sites for hydroxylation is 4. The fraction of sp³-hybridized carbons (Fsp3) is 0.462. The van der Waals surface area contributed by atoms with Crippen LogP contribution in [0.25, 0.3) is 0 Å². The smallest absolute Gasteiger partial charge is 0.278 e. The van der Waals surface area contributed by atoms with Crippen LogP contribution in [0.2, 0.25) is 0 Å². The van der Waals surface area contributed by atoms with Gasteiger partial charge in [-0.05, 0) is 32.6 Å². The number of hydrogen-bond donors (Lipinski definition) is 1. The van der Waals surface area contributed by atoms with Crippen molar-refractivity contribution >= 4 is 22.4 Å². The standard InChI is InChI=1S/C13H16N4OS/c1-8-7-17(2)16-11(8)12(18)15-13-14-9-5-3-4-6-10(9)19-13/h7H,3-6H2,1-2H3,(H,14,15,18). The number of amides is 1. The number of rotatable bonds is 2. The molecule has 1 N–H and O–H groups in total. The highest BCUT2D eigenvalue weighted by molar-refractivity contribution is 7.15. The molecule has 0 atom stereocenters. The summed E-state index contributed by atoms with van der Waals surface area (Å²) < 4.78 is 1.65. The van der Waals surface area contributed by atoms with Crippen LogP contribution >= 0.6 is 11.3 Å². The Labute approximate surface area is 115 Å². The molecule has 2 aromatic rings. The maximum atomic E-state index is 12.1. The Morgan fingerprint density at radius 2 is 2.21 bits per heavy atom. The van der Waals surface area contributed by atoms with Gasteiger partial charge in [0.05, 0.1) is 5.69 Å². The Morgan fingerprint density at radius 1 is 1.42 bits per heavy atom. The van der Waals surface area contributed by atoms with Crippen LogP contribution in [0.5, 0.6) is 0 Å². The zero-order chi connectivity index (χ0) is 13.4. The van der Waals surface area contributed by atoms with E-state index in [2.05, 4.69) is 15.4 Å². The molecule has 0 aliphatic heterocycles. The molecule has 1 aliphatic carbocycles. The molecule has 0 bridgehead atoms. The average molecular weight is 276 g/mol. The van der Waals surface area contributed by atoms with Crippen molar-refractivity contribution in [3.63, 3.8) is 0 Å². The highest BCUT2D eigenvalue weighted by Crippen LogP contribution is 2.29. The Morgan fingerprint density at radius 3 is 2.89 bits per heavy atom. The summed E-state index contributed by atoms with van der Waals surface area (Å²) in [6, 6.07) is 0. The summed E-state index contributed by atoms with van der Waals surface area (Å²) in [4.78, 5) is 18.0. The number of fused-ring (bicyclic) bond motifs is 1. The second-order valence-corrected chi connectivity index (χ2v) is 5.97. The van der Waals surface area contributed by atoms with Gasteiger partial charge in [-0.1, -0.05) is 0 Å². The van der Waals surface area contributed by atoms with Gasteiger partial charge >= 0.3 is 0 Å². The molecule has 2 aromatic heterocycles. The lowest BCUT2D eigenvalue weighted by Crippen LogP contribution is -2.14. The van der Waals surface area contributed by atoms with Gasteiger partial charge in [0, 0.05) is 23.7 Å². The minimum absolute atomic E-state index is 0.177. The van der Waals surface area contributed by atoms with E-state index in [4.69, 9.17) is 0 Å². The number of nitrogens with one attached hydrogen (secondary N) is 1. The fourth-order valence-electron chi connectivity index (χ4n) is 2.39. The van der Waals surface area contributed by atoms with Gasteiger partial charge in [0.1, 0.15) is 0 Å². The van der Waals surface area contributed by atoms with Crippen molar-refractivity contribution in [2.45, 2.75) is 32.6 Å². The molecule has 1 amide bonds. The van der Waals surface area contributed by atoms with Gasteiger partial charge in [-0.2, -0.15) is 5.10 Å². The zero-order valence-electron chi connectivity index (χ0n) is 11.1. The molecule has 0 spiro atoms. The first-order valence-electron chi connectivity index (χ1n) is 6.43. The zero-order valence-corrected chi connectivity index (χ0v) is 11.9. The lowest BCUT2D eigenvalue weighted by molar-refractivity contribution is 0.102. The second kappa shape index (κ2) is 4.77. The van der Waals surface area contributed by atoms with E-state index >= 15 is 0 Å². The van der Waals surface area contributed by atoms with Gasteiger partial charge in [-0.15, -0.1) is 11.3 Å². The number of hydrogen-bond acceptors (Lipinski definition) is 4. The van der Waals surface area contributed by atoms with Gasteiger partial charge in [0.25, 0.3) is 5.91 Å². The predicted molar refractivity (Wildman–Crippen MR) is 74.7 cm³/mol. The van der Waals surface area contributed by atoms with Crippen molar-refractivity contribution in [1.29, 1.82) is 0 Å². The van der Waals surface area contributed by atoms with E-state index in [1.807, 2.05) is 20.2 Å². The van der Waals surface area contributed by atoms with Crippen LogP contribution in [0.4, 0.5) is 5.13 Å². The Bertz CT molecular complexity index is 605. The van der Waals surface area contributed by atoms with E-state index in [1.165, 1.54) is 17.7 Å². The SMILES string of the molecule is Cc1cn(C)nc1C(=O)Nc1nc2c(s1)CCCC2. The third-order valence-electron chi connectivity index (χ3n) is 3.29. The fourth-order valence-corrected chi connectivity index (χ4v) is 3.44. The topological polar surface area (TPSA) is 59.8 Å². The van der Waals surface area contributed by atoms with Gasteiger partial charge in [0.15, 0.2) is 10.8 Å². The van der Waals surface area contributed by atoms with Gasteiger partial charge in [0.2, 0.25) is 0 Å². The molecular weight excluding hydrogens is 260 g/mol. The number of carbonyl (C=O) groups is 1. The number of nitrogens with zero attached hydrogens (tertiary/aromatic N) is 3. The third kappa shape index (κ3) is 2.40. The van der Waals surface area contributed by atoms with Crippen LogP contribution in [-0.4, -0.2) is 20.7 Å². The Hall–Kier alpha value is -1.69. The van der Waals surface area contributed by atoms with Crippen molar-refractivity contribution in [2.24, 2.45) is 7.05 Å². The molecular formula is C13H16N4OS.